The normalized spacial score (nSPS) is 11.1. The number of rotatable bonds is 4. The summed E-state index contributed by atoms with van der Waals surface area (Å²) in [6, 6.07) is 3.79. The number of carbonyl (C=O) groups is 2. The molecule has 0 saturated carbocycles. The molecule has 3 N–H and O–H groups in total. The first-order valence-electron chi connectivity index (χ1n) is 5.04. The monoisotopic (exact) mass is 260 g/mol. The fraction of sp³-hybridized carbons (Fsp3) is 0.273. The van der Waals surface area contributed by atoms with Gasteiger partial charge in [-0.15, -0.1) is 0 Å². The Balaban J connectivity index is 2.62. The van der Waals surface area contributed by atoms with E-state index in [4.69, 9.17) is 5.73 Å². The molecule has 1 rings (SSSR count). The van der Waals surface area contributed by atoms with E-state index in [0.717, 1.165) is 24.3 Å². The van der Waals surface area contributed by atoms with Gasteiger partial charge in [0.2, 0.25) is 5.91 Å². The molecule has 4 nitrogen and oxygen atoms in total. The molecule has 0 heterocycles. The van der Waals surface area contributed by atoms with E-state index in [2.05, 4.69) is 5.32 Å². The Kier molecular flexibility index (Phi) is 4.30. The van der Waals surface area contributed by atoms with Crippen LogP contribution in [0.15, 0.2) is 24.3 Å². The maximum absolute atomic E-state index is 12.3. The zero-order valence-corrected chi connectivity index (χ0v) is 9.25. The Morgan fingerprint density at radius 1 is 1.17 bits per heavy atom. The molecule has 0 saturated heterocycles. The first-order valence-corrected chi connectivity index (χ1v) is 5.04. The van der Waals surface area contributed by atoms with Crippen LogP contribution in [0.5, 0.6) is 0 Å². The molecule has 98 valence electrons. The van der Waals surface area contributed by atoms with Crippen LogP contribution in [-0.2, 0) is 11.0 Å². The van der Waals surface area contributed by atoms with Crippen LogP contribution in [-0.4, -0.2) is 18.4 Å². The van der Waals surface area contributed by atoms with Gasteiger partial charge in [-0.3, -0.25) is 9.59 Å². The van der Waals surface area contributed by atoms with Gasteiger partial charge >= 0.3 is 6.18 Å². The van der Waals surface area contributed by atoms with E-state index >= 15 is 0 Å². The Morgan fingerprint density at radius 3 is 2.17 bits per heavy atom. The third-order valence-electron chi connectivity index (χ3n) is 2.13. The van der Waals surface area contributed by atoms with Crippen LogP contribution in [0.1, 0.15) is 22.3 Å². The van der Waals surface area contributed by atoms with Crippen LogP contribution in [0.25, 0.3) is 0 Å². The average molecular weight is 260 g/mol. The number of amides is 2. The van der Waals surface area contributed by atoms with Gasteiger partial charge in [0.15, 0.2) is 0 Å². The molecule has 0 bridgehead atoms. The molecule has 0 fully saturated rings. The van der Waals surface area contributed by atoms with Gasteiger partial charge in [-0.05, 0) is 24.3 Å². The topological polar surface area (TPSA) is 72.2 Å². The number of carbonyl (C=O) groups excluding carboxylic acids is 2. The summed E-state index contributed by atoms with van der Waals surface area (Å²) in [6.07, 6.45) is -4.45. The van der Waals surface area contributed by atoms with Crippen molar-refractivity contribution in [1.82, 2.24) is 5.32 Å². The highest BCUT2D eigenvalue weighted by atomic mass is 19.4. The lowest BCUT2D eigenvalue weighted by Gasteiger charge is -2.07. The lowest BCUT2D eigenvalue weighted by Crippen LogP contribution is -2.27. The molecule has 0 unspecified atom stereocenters. The second-order valence-corrected chi connectivity index (χ2v) is 3.55. The Morgan fingerprint density at radius 2 is 1.72 bits per heavy atom. The van der Waals surface area contributed by atoms with E-state index in [0.29, 0.717) is 0 Å². The minimum Gasteiger partial charge on any atom is -0.370 e. The van der Waals surface area contributed by atoms with E-state index in [1.165, 1.54) is 0 Å². The first-order chi connectivity index (χ1) is 8.30. The minimum atomic E-state index is -4.43. The van der Waals surface area contributed by atoms with Gasteiger partial charge in [0, 0.05) is 18.5 Å². The molecule has 1 aromatic rings. The number of nitrogens with two attached hydrogens (primary N) is 1. The van der Waals surface area contributed by atoms with Gasteiger partial charge in [-0.25, -0.2) is 0 Å². The maximum Gasteiger partial charge on any atom is 0.416 e. The van der Waals surface area contributed by atoms with E-state index in [-0.39, 0.29) is 18.5 Å². The van der Waals surface area contributed by atoms with Crippen molar-refractivity contribution in [2.24, 2.45) is 5.73 Å². The van der Waals surface area contributed by atoms with Crippen molar-refractivity contribution in [1.29, 1.82) is 0 Å². The van der Waals surface area contributed by atoms with Crippen molar-refractivity contribution in [3.8, 4) is 0 Å². The summed E-state index contributed by atoms with van der Waals surface area (Å²) in [5, 5.41) is 2.37. The van der Waals surface area contributed by atoms with Crippen LogP contribution in [0.2, 0.25) is 0 Å². The number of hydrogen-bond donors (Lipinski definition) is 2. The van der Waals surface area contributed by atoms with E-state index in [9.17, 15) is 22.8 Å². The van der Waals surface area contributed by atoms with Crippen LogP contribution in [0, 0.1) is 0 Å². The molecule has 0 aliphatic rings. The van der Waals surface area contributed by atoms with Crippen molar-refractivity contribution in [2.75, 3.05) is 6.54 Å². The molecule has 0 atom stereocenters. The summed E-state index contributed by atoms with van der Waals surface area (Å²) in [5.41, 5.74) is 4.14. The number of benzene rings is 1. The summed E-state index contributed by atoms with van der Waals surface area (Å²) in [7, 11) is 0. The molecule has 2 amide bonds. The maximum atomic E-state index is 12.3. The molecule has 0 aromatic heterocycles. The molecule has 0 aliphatic heterocycles. The molecular weight excluding hydrogens is 249 g/mol. The smallest absolute Gasteiger partial charge is 0.370 e. The van der Waals surface area contributed by atoms with Gasteiger partial charge in [0.25, 0.3) is 5.91 Å². The second-order valence-electron chi connectivity index (χ2n) is 3.55. The predicted molar refractivity (Wildman–Crippen MR) is 57.6 cm³/mol. The van der Waals surface area contributed by atoms with Gasteiger partial charge in [-0.1, -0.05) is 0 Å². The lowest BCUT2D eigenvalue weighted by atomic mass is 10.1. The highest BCUT2D eigenvalue weighted by Gasteiger charge is 2.30. The minimum absolute atomic E-state index is 0.0215. The molecule has 0 aliphatic carbocycles. The fourth-order valence-corrected chi connectivity index (χ4v) is 1.21. The molecule has 7 heteroatoms. The molecule has 0 spiro atoms. The standard InChI is InChI=1S/C11H11F3N2O2/c12-11(13,14)8-3-1-7(2-4-8)10(18)16-6-5-9(15)17/h1-4H,5-6H2,(H2,15,17)(H,16,18). The average Bonchev–Trinajstić information content (AvgIpc) is 2.27. The third kappa shape index (κ3) is 4.08. The van der Waals surface area contributed by atoms with Crippen molar-refractivity contribution in [3.05, 3.63) is 35.4 Å². The number of halogens is 3. The van der Waals surface area contributed by atoms with E-state index < -0.39 is 23.6 Å². The number of nitrogens with one attached hydrogen (secondary N) is 1. The Bertz CT molecular complexity index is 441. The zero-order chi connectivity index (χ0) is 13.8. The summed E-state index contributed by atoms with van der Waals surface area (Å²) in [4.78, 5) is 21.9. The number of primary amides is 1. The fourth-order valence-electron chi connectivity index (χ4n) is 1.21. The lowest BCUT2D eigenvalue weighted by molar-refractivity contribution is -0.137. The van der Waals surface area contributed by atoms with Crippen molar-refractivity contribution in [3.63, 3.8) is 0 Å². The van der Waals surface area contributed by atoms with Crippen LogP contribution < -0.4 is 11.1 Å². The van der Waals surface area contributed by atoms with Gasteiger partial charge in [0.1, 0.15) is 0 Å². The molecule has 0 radical (unpaired) electrons. The van der Waals surface area contributed by atoms with Crippen molar-refractivity contribution in [2.45, 2.75) is 12.6 Å². The van der Waals surface area contributed by atoms with Crippen LogP contribution in [0.4, 0.5) is 13.2 Å². The summed E-state index contributed by atoms with van der Waals surface area (Å²) in [5.74, 6) is -1.12. The highest BCUT2D eigenvalue weighted by molar-refractivity contribution is 5.94. The molecule has 18 heavy (non-hydrogen) atoms. The third-order valence-corrected chi connectivity index (χ3v) is 2.13. The first kappa shape index (κ1) is 14.0. The van der Waals surface area contributed by atoms with E-state index in [1.54, 1.807) is 0 Å². The van der Waals surface area contributed by atoms with Crippen LogP contribution in [0.3, 0.4) is 0 Å². The SMILES string of the molecule is NC(=O)CCNC(=O)c1ccc(C(F)(F)F)cc1. The largest absolute Gasteiger partial charge is 0.416 e. The Labute approximate surface area is 101 Å². The number of alkyl halides is 3. The van der Waals surface area contributed by atoms with Crippen LogP contribution >= 0.6 is 0 Å². The summed E-state index contributed by atoms with van der Waals surface area (Å²) >= 11 is 0. The second kappa shape index (κ2) is 5.52. The zero-order valence-electron chi connectivity index (χ0n) is 9.25. The van der Waals surface area contributed by atoms with E-state index in [1.807, 2.05) is 0 Å². The van der Waals surface area contributed by atoms with Gasteiger partial charge < -0.3 is 11.1 Å². The quantitative estimate of drug-likeness (QED) is 0.856. The van der Waals surface area contributed by atoms with Gasteiger partial charge in [0.05, 0.1) is 5.56 Å². The summed E-state index contributed by atoms with van der Waals surface area (Å²) < 4.78 is 36.8. The number of hydrogen-bond acceptors (Lipinski definition) is 2. The van der Waals surface area contributed by atoms with Gasteiger partial charge in [-0.2, -0.15) is 13.2 Å². The molecular formula is C11H11F3N2O2. The molecule has 1 aromatic carbocycles. The van der Waals surface area contributed by atoms with Crippen molar-refractivity contribution >= 4 is 11.8 Å². The summed E-state index contributed by atoms with van der Waals surface area (Å²) in [6.45, 7) is 0.0508. The predicted octanol–water partition coefficient (Wildman–Crippen LogP) is 1.31. The van der Waals surface area contributed by atoms with Crippen molar-refractivity contribution < 1.29 is 22.8 Å². The Hall–Kier alpha value is -2.05. The highest BCUT2D eigenvalue weighted by Crippen LogP contribution is 2.28.